The van der Waals surface area contributed by atoms with E-state index in [0.29, 0.717) is 60.4 Å². The average Bonchev–Trinajstić information content (AvgIpc) is 1.60. The topological polar surface area (TPSA) is 226 Å². The van der Waals surface area contributed by atoms with E-state index in [9.17, 15) is 59.0 Å². The van der Waals surface area contributed by atoms with Crippen molar-refractivity contribution in [2.75, 3.05) is 46.9 Å². The van der Waals surface area contributed by atoms with Crippen LogP contribution in [0.2, 0.25) is 0 Å². The Hall–Kier alpha value is -11.5. The van der Waals surface area contributed by atoms with Crippen molar-refractivity contribution in [3.05, 3.63) is 223 Å². The lowest BCUT2D eigenvalue weighted by molar-refractivity contribution is -0.138. The zero-order valence-corrected chi connectivity index (χ0v) is 52.3. The number of rotatable bonds is 14. The van der Waals surface area contributed by atoms with Crippen molar-refractivity contribution in [1.82, 2.24) is 44.7 Å². The number of hydrogen-bond donors (Lipinski definition) is 6. The summed E-state index contributed by atoms with van der Waals surface area (Å²) in [5, 5.41) is 38.3. The number of benzene rings is 6. The quantitative estimate of drug-likeness (QED) is 0.0562. The van der Waals surface area contributed by atoms with Crippen LogP contribution in [0.3, 0.4) is 0 Å². The zero-order valence-electron chi connectivity index (χ0n) is 52.3. The van der Waals surface area contributed by atoms with Crippen LogP contribution in [0, 0.1) is 0 Å². The van der Waals surface area contributed by atoms with Crippen molar-refractivity contribution < 1.29 is 59.0 Å². The third kappa shape index (κ3) is 14.1. The minimum Gasteiger partial charge on any atom is -0.394 e. The predicted octanol–water partition coefficient (Wildman–Crippen LogP) is 15.5. The highest BCUT2D eigenvalue weighted by molar-refractivity contribution is 6.04. The Labute approximate surface area is 552 Å². The van der Waals surface area contributed by atoms with Gasteiger partial charge in [0.15, 0.2) is 5.82 Å². The van der Waals surface area contributed by atoms with E-state index in [1.165, 1.54) is 24.3 Å². The molecular weight excluding hydrogens is 1280 g/mol. The minimum atomic E-state index is -4.48. The van der Waals surface area contributed by atoms with Crippen molar-refractivity contribution in [1.29, 1.82) is 0 Å². The molecule has 0 atom stereocenters. The fraction of sp³-hybridized carbons (Fsp3) is 0.197. The van der Waals surface area contributed by atoms with Crippen LogP contribution in [-0.4, -0.2) is 88.4 Å². The predicted molar refractivity (Wildman–Crippen MR) is 354 cm³/mol. The summed E-state index contributed by atoms with van der Waals surface area (Å²) < 4.78 is 121. The van der Waals surface area contributed by atoms with Crippen molar-refractivity contribution >= 4 is 79.1 Å². The van der Waals surface area contributed by atoms with Gasteiger partial charge in [-0.05, 0) is 120 Å². The first kappa shape index (κ1) is 66.5. The second-order valence-corrected chi connectivity index (χ2v) is 23.8. The summed E-state index contributed by atoms with van der Waals surface area (Å²) in [4.78, 5) is 53.2. The van der Waals surface area contributed by atoms with Gasteiger partial charge in [0.05, 0.1) is 82.7 Å². The highest BCUT2D eigenvalue weighted by Gasteiger charge is 2.53. The van der Waals surface area contributed by atoms with E-state index in [1.54, 1.807) is 107 Å². The summed E-state index contributed by atoms with van der Waals surface area (Å²) >= 11 is 0. The maximum atomic E-state index is 13.1. The Morgan fingerprint density at radius 2 is 0.980 bits per heavy atom. The molecule has 14 rings (SSSR count). The van der Waals surface area contributed by atoms with Gasteiger partial charge in [-0.25, -0.2) is 9.78 Å². The van der Waals surface area contributed by atoms with Crippen LogP contribution in [0.15, 0.2) is 195 Å². The SMILES string of the molecule is CN(C)c1ncc(-c2ccc(NC(=O)Nc3cccc(C(F)(F)F)c3)cc2)c2cnn(C)c12.O=C(Nc1ccc(-c2cncc3[nH]ncc23)cc1)C1(c2cccc(C(F)(F)F)c2)CC1.O=C(Nc1ccc(-c2cncc3c2cnn3CCO)cc1)C1(c2cccc(C(F)(F)F)c2)CC1. The zero-order chi connectivity index (χ0) is 69.3. The van der Waals surface area contributed by atoms with Gasteiger partial charge in [-0.1, -0.05) is 78.9 Å². The van der Waals surface area contributed by atoms with Crippen molar-refractivity contribution in [2.24, 2.45) is 7.05 Å². The summed E-state index contributed by atoms with van der Waals surface area (Å²) in [5.74, 6) is 0.199. The summed E-state index contributed by atoms with van der Waals surface area (Å²) in [5.41, 5.74) is 6.16. The number of aliphatic hydroxyl groups excluding tert-OH is 1. The Kier molecular flexibility index (Phi) is 18.1. The smallest absolute Gasteiger partial charge is 0.394 e. The second kappa shape index (κ2) is 26.6. The molecule has 2 aliphatic carbocycles. The molecule has 2 saturated carbocycles. The average molecular weight is 1340 g/mol. The lowest BCUT2D eigenvalue weighted by atomic mass is 9.93. The Morgan fingerprint density at radius 1 is 0.520 bits per heavy atom. The van der Waals surface area contributed by atoms with Crippen molar-refractivity contribution in [3.8, 4) is 33.4 Å². The molecule has 6 aromatic heterocycles. The third-order valence-electron chi connectivity index (χ3n) is 17.1. The summed E-state index contributed by atoms with van der Waals surface area (Å²) in [6.45, 7) is 0.338. The summed E-state index contributed by atoms with van der Waals surface area (Å²) in [6.07, 6.45) is 2.56. The van der Waals surface area contributed by atoms with Crippen LogP contribution in [0.5, 0.6) is 0 Å². The number of alkyl halides is 9. The van der Waals surface area contributed by atoms with Gasteiger partial charge in [-0.3, -0.25) is 34.0 Å². The number of aromatic amines is 1. The van der Waals surface area contributed by atoms with E-state index >= 15 is 0 Å². The molecule has 12 aromatic rings. The number of aromatic nitrogens is 9. The lowest BCUT2D eigenvalue weighted by Crippen LogP contribution is -2.28. The highest BCUT2D eigenvalue weighted by atomic mass is 19.4. The van der Waals surface area contributed by atoms with E-state index in [2.05, 4.69) is 56.6 Å². The van der Waals surface area contributed by atoms with Crippen LogP contribution in [-0.2, 0) is 52.5 Å². The molecular formula is C71H59F9N14O4. The third-order valence-corrected chi connectivity index (χ3v) is 17.1. The lowest BCUT2D eigenvalue weighted by Gasteiger charge is -2.18. The molecule has 2 fully saturated rings. The highest BCUT2D eigenvalue weighted by Crippen LogP contribution is 2.51. The minimum absolute atomic E-state index is 0.0304. The van der Waals surface area contributed by atoms with Crippen LogP contribution in [0.25, 0.3) is 66.1 Å². The molecule has 18 nitrogen and oxygen atoms in total. The first-order valence-electron chi connectivity index (χ1n) is 30.5. The molecule has 98 heavy (non-hydrogen) atoms. The first-order chi connectivity index (χ1) is 46.8. The van der Waals surface area contributed by atoms with Gasteiger partial charge in [0.25, 0.3) is 0 Å². The number of halogens is 9. The molecule has 0 radical (unpaired) electrons. The van der Waals surface area contributed by atoms with Gasteiger partial charge in [0.1, 0.15) is 5.52 Å². The molecule has 6 aromatic carbocycles. The largest absolute Gasteiger partial charge is 0.416 e. The van der Waals surface area contributed by atoms with Gasteiger partial charge in [0.2, 0.25) is 11.8 Å². The maximum Gasteiger partial charge on any atom is 0.416 e. The molecule has 6 heterocycles. The molecule has 0 aliphatic heterocycles. The molecule has 4 amide bonds. The number of amides is 4. The number of nitrogens with one attached hydrogen (secondary N) is 5. The number of fused-ring (bicyclic) bond motifs is 3. The van der Waals surface area contributed by atoms with Gasteiger partial charge in [-0.2, -0.15) is 54.8 Å². The number of aliphatic hydroxyl groups is 1. The van der Waals surface area contributed by atoms with E-state index < -0.39 is 52.1 Å². The van der Waals surface area contributed by atoms with Crippen LogP contribution < -0.4 is 26.2 Å². The number of aryl methyl sites for hydroxylation is 1. The number of H-pyrrole nitrogens is 1. The number of nitrogens with zero attached hydrogens (tertiary/aromatic N) is 9. The number of pyridine rings is 3. The Balaban J connectivity index is 0.000000140. The molecule has 0 bridgehead atoms. The summed E-state index contributed by atoms with van der Waals surface area (Å²) in [7, 11) is 5.69. The molecule has 2 aliphatic rings. The molecule has 0 spiro atoms. The van der Waals surface area contributed by atoms with Crippen LogP contribution in [0.1, 0.15) is 53.5 Å². The van der Waals surface area contributed by atoms with Gasteiger partial charge < -0.3 is 31.3 Å². The monoisotopic (exact) mass is 1340 g/mol. The van der Waals surface area contributed by atoms with E-state index in [1.807, 2.05) is 62.4 Å². The van der Waals surface area contributed by atoms with E-state index in [4.69, 9.17) is 0 Å². The molecule has 500 valence electrons. The van der Waals surface area contributed by atoms with Crippen LogP contribution in [0.4, 0.5) is 72.9 Å². The molecule has 27 heteroatoms. The van der Waals surface area contributed by atoms with Crippen molar-refractivity contribution in [2.45, 2.75) is 61.6 Å². The standard InChI is InChI=1S/C25H21F3N4O2.C23H21F3N6O.C23H17F3N4O/c26-25(27,28)18-3-1-2-17(12-18)24(8-9-24)23(34)31-19-6-4-16(5-7-19)20-13-29-15-22-21(20)14-30-32(22)10-11-33;1-31(2)21-20-19(13-28-32(20)3)18(12-27-21)14-7-9-16(10-8-14)29-22(33)30-17-6-4-5-15(11-17)23(24,25)26;24-23(25,26)16-3-1-2-15(10-16)22(8-9-22)21(31)29-17-6-4-14(5-7-17)18-11-27-13-20-19(18)12-28-30-20/h1-7,12-15,33H,8-11H2,(H,31,34);4-13H,1-3H3,(H2,29,30,33);1-7,10-13H,8-9H2,(H,28,30)(H,29,31). The van der Waals surface area contributed by atoms with Gasteiger partial charge >= 0.3 is 24.6 Å². The maximum absolute atomic E-state index is 13.1. The van der Waals surface area contributed by atoms with E-state index in [-0.39, 0.29) is 24.1 Å². The van der Waals surface area contributed by atoms with Gasteiger partial charge in [-0.15, -0.1) is 0 Å². The fourth-order valence-corrected chi connectivity index (χ4v) is 11.6. The second-order valence-electron chi connectivity index (χ2n) is 23.8. The molecule has 0 unspecified atom stereocenters. The number of carbonyl (C=O) groups is 3. The van der Waals surface area contributed by atoms with Gasteiger partial charge in [0, 0.05) is 95.3 Å². The Morgan fingerprint density at radius 3 is 1.48 bits per heavy atom. The normalized spacial score (nSPS) is 13.8. The molecule has 6 N–H and O–H groups in total. The van der Waals surface area contributed by atoms with Crippen LogP contribution >= 0.6 is 0 Å². The van der Waals surface area contributed by atoms with E-state index in [0.717, 1.165) is 108 Å². The summed E-state index contributed by atoms with van der Waals surface area (Å²) in [6, 6.07) is 35.4. The number of hydrogen-bond acceptors (Lipinski definition) is 11. The number of carbonyl (C=O) groups excluding carboxylic acids is 3. The number of anilines is 5. The molecule has 0 saturated heterocycles. The first-order valence-corrected chi connectivity index (χ1v) is 30.5. The van der Waals surface area contributed by atoms with Crippen molar-refractivity contribution in [3.63, 3.8) is 0 Å². The number of urea groups is 1. The Bertz CT molecular complexity index is 4920. The fourth-order valence-electron chi connectivity index (χ4n) is 11.6.